The monoisotopic (exact) mass is 339 g/mol. The van der Waals surface area contributed by atoms with E-state index in [1.165, 1.54) is 25.9 Å². The van der Waals surface area contributed by atoms with Crippen molar-refractivity contribution in [2.24, 2.45) is 5.92 Å². The van der Waals surface area contributed by atoms with E-state index in [1.807, 2.05) is 25.3 Å². The van der Waals surface area contributed by atoms with Gasteiger partial charge in [-0.15, -0.1) is 0 Å². The van der Waals surface area contributed by atoms with Crippen molar-refractivity contribution in [3.05, 3.63) is 36.2 Å². The van der Waals surface area contributed by atoms with Gasteiger partial charge in [-0.1, -0.05) is 0 Å². The van der Waals surface area contributed by atoms with Gasteiger partial charge in [-0.05, 0) is 68.6 Å². The van der Waals surface area contributed by atoms with Crippen molar-refractivity contribution >= 4 is 5.91 Å². The van der Waals surface area contributed by atoms with Gasteiger partial charge in [-0.3, -0.25) is 9.89 Å². The van der Waals surface area contributed by atoms with Crippen LogP contribution in [0.5, 0.6) is 5.75 Å². The van der Waals surface area contributed by atoms with Crippen LogP contribution in [0.25, 0.3) is 11.1 Å². The lowest BCUT2D eigenvalue weighted by molar-refractivity contribution is -0.125. The number of carbonyl (C=O) groups excluding carboxylic acids is 1. The number of nitrogens with one attached hydrogen (secondary N) is 2. The molecule has 3 saturated heterocycles. The second-order valence-electron chi connectivity index (χ2n) is 6.94. The Morgan fingerprint density at radius 2 is 2.28 bits per heavy atom. The number of H-pyrrole nitrogens is 1. The Bertz CT molecular complexity index is 749. The van der Waals surface area contributed by atoms with E-state index in [9.17, 15) is 4.79 Å². The molecule has 1 radical (unpaired) electrons. The molecule has 4 heterocycles. The normalized spacial score (nSPS) is 24.9. The molecule has 5 rings (SSSR count). The molecule has 6 heteroatoms. The standard InChI is InChI=1S/C19H23N4O2/c1-13-17(10-20-22-13)15-3-2-4-16(9-15)25-12-19(24)21-18-11-23-7-5-14(18)6-8-23/h3-4,9-10,14,18H,5-8,11-12H2,1H3,(H,20,22)(H,21,24)/t18-/m0/s1. The highest BCUT2D eigenvalue weighted by Crippen LogP contribution is 2.27. The van der Waals surface area contributed by atoms with Crippen LogP contribution in [0.4, 0.5) is 0 Å². The van der Waals surface area contributed by atoms with Crippen molar-refractivity contribution in [2.45, 2.75) is 25.8 Å². The molecular formula is C19H23N4O2. The largest absolute Gasteiger partial charge is 0.484 e. The van der Waals surface area contributed by atoms with E-state index in [4.69, 9.17) is 4.74 Å². The van der Waals surface area contributed by atoms with E-state index in [-0.39, 0.29) is 18.6 Å². The molecule has 0 aliphatic carbocycles. The van der Waals surface area contributed by atoms with Crippen LogP contribution in [-0.4, -0.2) is 53.3 Å². The number of benzene rings is 1. The number of hydrogen-bond acceptors (Lipinski definition) is 4. The number of nitrogens with zero attached hydrogens (tertiary/aromatic N) is 2. The lowest BCUT2D eigenvalue weighted by Gasteiger charge is -2.44. The van der Waals surface area contributed by atoms with Crippen LogP contribution in [-0.2, 0) is 4.79 Å². The summed E-state index contributed by atoms with van der Waals surface area (Å²) in [5.74, 6) is 1.21. The van der Waals surface area contributed by atoms with Gasteiger partial charge < -0.3 is 15.0 Å². The van der Waals surface area contributed by atoms with Crippen molar-refractivity contribution in [2.75, 3.05) is 26.2 Å². The molecule has 3 aliphatic heterocycles. The van der Waals surface area contributed by atoms with E-state index in [0.29, 0.717) is 11.7 Å². The van der Waals surface area contributed by atoms with Crippen molar-refractivity contribution in [1.82, 2.24) is 20.4 Å². The topological polar surface area (TPSA) is 70.2 Å². The summed E-state index contributed by atoms with van der Waals surface area (Å²) in [6.45, 7) is 5.29. The van der Waals surface area contributed by atoms with Gasteiger partial charge in [0.05, 0.1) is 5.69 Å². The first-order valence-electron chi connectivity index (χ1n) is 8.85. The Kier molecular flexibility index (Phi) is 4.44. The zero-order valence-electron chi connectivity index (χ0n) is 14.4. The number of amides is 1. The fraction of sp³-hybridized carbons (Fsp3) is 0.474. The first-order chi connectivity index (χ1) is 12.2. The first kappa shape index (κ1) is 16.1. The van der Waals surface area contributed by atoms with Crippen LogP contribution in [0.3, 0.4) is 0 Å². The minimum absolute atomic E-state index is 0.0326. The summed E-state index contributed by atoms with van der Waals surface area (Å²) in [7, 11) is 0. The number of ether oxygens (including phenoxy) is 1. The minimum atomic E-state index is -0.0522. The van der Waals surface area contributed by atoms with Crippen LogP contribution >= 0.6 is 0 Å². The third-order valence-electron chi connectivity index (χ3n) is 5.28. The number of rotatable bonds is 5. The fourth-order valence-electron chi connectivity index (χ4n) is 3.87. The molecule has 3 aliphatic rings. The Hall–Kier alpha value is -2.34. The second-order valence-corrected chi connectivity index (χ2v) is 6.94. The van der Waals surface area contributed by atoms with Gasteiger partial charge in [-0.2, -0.15) is 5.10 Å². The van der Waals surface area contributed by atoms with Gasteiger partial charge in [-0.25, -0.2) is 0 Å². The molecule has 1 aromatic heterocycles. The van der Waals surface area contributed by atoms with E-state index >= 15 is 0 Å². The second kappa shape index (κ2) is 6.88. The number of fused-ring (bicyclic) bond motifs is 3. The average Bonchev–Trinajstić information content (AvgIpc) is 3.07. The molecule has 0 spiro atoms. The van der Waals surface area contributed by atoms with Crippen LogP contribution < -0.4 is 10.1 Å². The van der Waals surface area contributed by atoms with Crippen LogP contribution in [0.15, 0.2) is 24.4 Å². The summed E-state index contributed by atoms with van der Waals surface area (Å²) in [5.41, 5.74) is 2.91. The Morgan fingerprint density at radius 3 is 2.96 bits per heavy atom. The van der Waals surface area contributed by atoms with Crippen LogP contribution in [0, 0.1) is 18.9 Å². The summed E-state index contributed by atoms with van der Waals surface area (Å²) >= 11 is 0. The molecule has 0 saturated carbocycles. The maximum absolute atomic E-state index is 12.2. The summed E-state index contributed by atoms with van der Waals surface area (Å²) in [5, 5.41) is 10.1. The maximum Gasteiger partial charge on any atom is 0.258 e. The van der Waals surface area contributed by atoms with Gasteiger partial charge in [0.15, 0.2) is 6.61 Å². The molecule has 2 N–H and O–H groups in total. The molecule has 1 aromatic carbocycles. The predicted molar refractivity (Wildman–Crippen MR) is 94.2 cm³/mol. The molecule has 1 amide bonds. The lowest BCUT2D eigenvalue weighted by atomic mass is 9.84. The Balaban J connectivity index is 1.34. The highest BCUT2D eigenvalue weighted by Gasteiger charge is 2.34. The maximum atomic E-state index is 12.2. The number of aromatic amines is 1. The number of aromatic nitrogens is 2. The van der Waals surface area contributed by atoms with Crippen LogP contribution in [0.2, 0.25) is 0 Å². The van der Waals surface area contributed by atoms with Crippen molar-refractivity contribution < 1.29 is 9.53 Å². The molecule has 131 valence electrons. The molecule has 25 heavy (non-hydrogen) atoms. The van der Waals surface area contributed by atoms with Crippen LogP contribution in [0.1, 0.15) is 18.5 Å². The van der Waals surface area contributed by atoms with E-state index in [2.05, 4.69) is 26.5 Å². The Morgan fingerprint density at radius 1 is 1.44 bits per heavy atom. The molecule has 6 nitrogen and oxygen atoms in total. The highest BCUT2D eigenvalue weighted by atomic mass is 16.5. The van der Waals surface area contributed by atoms with Gasteiger partial charge >= 0.3 is 0 Å². The quantitative estimate of drug-likeness (QED) is 0.871. The predicted octanol–water partition coefficient (Wildman–Crippen LogP) is 1.77. The summed E-state index contributed by atoms with van der Waals surface area (Å²) in [4.78, 5) is 14.7. The number of hydrogen-bond donors (Lipinski definition) is 2. The number of piperidine rings is 3. The van der Waals surface area contributed by atoms with Crippen molar-refractivity contribution in [3.8, 4) is 16.9 Å². The molecule has 3 fully saturated rings. The van der Waals surface area contributed by atoms with Gasteiger partial charge in [0.25, 0.3) is 5.91 Å². The Labute approximate surface area is 147 Å². The average molecular weight is 339 g/mol. The van der Waals surface area contributed by atoms with Crippen molar-refractivity contribution in [1.29, 1.82) is 0 Å². The molecule has 1 atom stereocenters. The zero-order valence-corrected chi connectivity index (χ0v) is 14.4. The SMILES string of the molecule is Cc1n[nH]cc1-c1c[c]cc(OCC(=O)N[C@H]2CN3CCC2CC3)c1. The third-order valence-corrected chi connectivity index (χ3v) is 5.28. The molecule has 2 bridgehead atoms. The summed E-state index contributed by atoms with van der Waals surface area (Å²) in [6, 6.07) is 8.89. The molecular weight excluding hydrogens is 316 g/mol. The smallest absolute Gasteiger partial charge is 0.258 e. The van der Waals surface area contributed by atoms with E-state index in [0.717, 1.165) is 23.4 Å². The van der Waals surface area contributed by atoms with Gasteiger partial charge in [0.1, 0.15) is 5.75 Å². The fourth-order valence-corrected chi connectivity index (χ4v) is 3.87. The highest BCUT2D eigenvalue weighted by molar-refractivity contribution is 5.78. The van der Waals surface area contributed by atoms with Crippen molar-refractivity contribution in [3.63, 3.8) is 0 Å². The number of carbonyl (C=O) groups is 1. The molecule has 0 unspecified atom stereocenters. The van der Waals surface area contributed by atoms with E-state index in [1.54, 1.807) is 6.07 Å². The summed E-state index contributed by atoms with van der Waals surface area (Å²) in [6.07, 6.45) is 4.22. The molecule has 2 aromatic rings. The van der Waals surface area contributed by atoms with E-state index < -0.39 is 0 Å². The third kappa shape index (κ3) is 3.54. The summed E-state index contributed by atoms with van der Waals surface area (Å²) < 4.78 is 5.68. The first-order valence-corrected chi connectivity index (χ1v) is 8.85. The lowest BCUT2D eigenvalue weighted by Crippen LogP contribution is -2.57. The van der Waals surface area contributed by atoms with Gasteiger partial charge in [0.2, 0.25) is 0 Å². The zero-order chi connectivity index (χ0) is 17.2. The van der Waals surface area contributed by atoms with Gasteiger partial charge in [0, 0.05) is 24.3 Å². The number of aryl methyl sites for hydroxylation is 1. The minimum Gasteiger partial charge on any atom is -0.484 e.